The van der Waals surface area contributed by atoms with Crippen molar-refractivity contribution in [3.8, 4) is 17.0 Å². The molecule has 7 nitrogen and oxygen atoms in total. The number of benzene rings is 1. The molecule has 1 aromatic heterocycles. The van der Waals surface area contributed by atoms with E-state index in [4.69, 9.17) is 17.0 Å². The number of aromatic amines is 1. The summed E-state index contributed by atoms with van der Waals surface area (Å²) < 4.78 is 6.39. The van der Waals surface area contributed by atoms with Crippen LogP contribution in [0.3, 0.4) is 0 Å². The maximum Gasteiger partial charge on any atom is 0.224 e. The van der Waals surface area contributed by atoms with Crippen LogP contribution in [0.5, 0.6) is 5.75 Å². The predicted octanol–water partition coefficient (Wildman–Crippen LogP) is 3.67. The maximum absolute atomic E-state index is 11.9. The van der Waals surface area contributed by atoms with Gasteiger partial charge in [-0.15, -0.1) is 0 Å². The Kier molecular flexibility index (Phi) is 8.31. The lowest BCUT2D eigenvalue weighted by Gasteiger charge is -2.23. The van der Waals surface area contributed by atoms with Crippen LogP contribution in [0.25, 0.3) is 11.3 Å². The van der Waals surface area contributed by atoms with E-state index < -0.39 is 6.10 Å². The van der Waals surface area contributed by atoms with E-state index in [1.54, 1.807) is 24.3 Å². The van der Waals surface area contributed by atoms with Crippen LogP contribution >= 0.6 is 12.2 Å². The molecule has 0 aliphatic carbocycles. The van der Waals surface area contributed by atoms with E-state index in [1.165, 1.54) is 0 Å². The zero-order valence-corrected chi connectivity index (χ0v) is 18.2. The fourth-order valence-electron chi connectivity index (χ4n) is 2.55. The van der Waals surface area contributed by atoms with Crippen molar-refractivity contribution in [3.05, 3.63) is 35.0 Å². The van der Waals surface area contributed by atoms with Crippen LogP contribution in [0.1, 0.15) is 40.5 Å². The van der Waals surface area contributed by atoms with Crippen LogP contribution in [-0.4, -0.2) is 46.0 Å². The lowest BCUT2D eigenvalue weighted by Crippen LogP contribution is -2.42. The molecule has 0 aliphatic rings. The summed E-state index contributed by atoms with van der Waals surface area (Å²) in [6.45, 7) is 8.61. The summed E-state index contributed by atoms with van der Waals surface area (Å²) in [7, 11) is 0. The average Bonchev–Trinajstić information content (AvgIpc) is 2.65. The van der Waals surface area contributed by atoms with Gasteiger partial charge in [0.2, 0.25) is 5.91 Å². The van der Waals surface area contributed by atoms with Crippen molar-refractivity contribution in [2.45, 2.75) is 52.2 Å². The van der Waals surface area contributed by atoms with Gasteiger partial charge in [-0.05, 0) is 57.5 Å². The molecular weight excluding hydrogens is 388 g/mol. The predicted molar refractivity (Wildman–Crippen MR) is 118 cm³/mol. The number of aliphatic hydroxyl groups excluding tert-OH is 1. The van der Waals surface area contributed by atoms with Gasteiger partial charge in [0.15, 0.2) is 0 Å². The van der Waals surface area contributed by atoms with Gasteiger partial charge in [0.1, 0.15) is 23.1 Å². The Morgan fingerprint density at radius 3 is 2.69 bits per heavy atom. The molecule has 2 rings (SSSR count). The van der Waals surface area contributed by atoms with Gasteiger partial charge in [-0.1, -0.05) is 19.1 Å². The van der Waals surface area contributed by atoms with Gasteiger partial charge in [0.25, 0.3) is 0 Å². The first kappa shape index (κ1) is 23.0. The summed E-state index contributed by atoms with van der Waals surface area (Å²) >= 11 is 5.06. The molecule has 2 aromatic rings. The van der Waals surface area contributed by atoms with Gasteiger partial charge in [-0.3, -0.25) is 9.89 Å². The number of ether oxygens (including phenoxy) is 1. The van der Waals surface area contributed by atoms with E-state index in [0.717, 1.165) is 6.42 Å². The van der Waals surface area contributed by atoms with E-state index in [0.29, 0.717) is 40.3 Å². The van der Waals surface area contributed by atoms with E-state index in [9.17, 15) is 9.90 Å². The number of amides is 1. The molecule has 0 saturated carbocycles. The number of nitrogens with one attached hydrogen (secondary N) is 3. The Morgan fingerprint density at radius 2 is 2.07 bits per heavy atom. The van der Waals surface area contributed by atoms with Crippen LogP contribution in [0.4, 0.5) is 5.69 Å². The van der Waals surface area contributed by atoms with Crippen molar-refractivity contribution in [1.29, 1.82) is 0 Å². The minimum absolute atomic E-state index is 0.0452. The van der Waals surface area contributed by atoms with E-state index in [2.05, 4.69) is 20.8 Å². The standard InChI is InChI=1S/C21H30N4O3S/c1-5-6-19(27)23-14-7-9-18(28-13-15(26)12-22-21(2,3)4)16(11-14)17-8-10-20(29)25-24-17/h7-11,15,22,26H,5-6,12-13H2,1-4H3,(H,23,27)(H,25,29). The van der Waals surface area contributed by atoms with Gasteiger partial charge in [0, 0.05) is 29.8 Å². The third-order valence-electron chi connectivity index (χ3n) is 3.99. The minimum atomic E-state index is -0.666. The van der Waals surface area contributed by atoms with Crippen LogP contribution in [-0.2, 0) is 4.79 Å². The Morgan fingerprint density at radius 1 is 1.31 bits per heavy atom. The third kappa shape index (κ3) is 7.92. The molecule has 1 aromatic carbocycles. The van der Waals surface area contributed by atoms with Crippen LogP contribution in [0.2, 0.25) is 0 Å². The summed E-state index contributed by atoms with van der Waals surface area (Å²) in [6.07, 6.45) is 0.564. The lowest BCUT2D eigenvalue weighted by atomic mass is 10.1. The molecule has 29 heavy (non-hydrogen) atoms. The first-order valence-corrected chi connectivity index (χ1v) is 10.1. The van der Waals surface area contributed by atoms with Gasteiger partial charge in [0.05, 0.1) is 5.69 Å². The molecule has 0 aliphatic heterocycles. The van der Waals surface area contributed by atoms with E-state index >= 15 is 0 Å². The number of aliphatic hydroxyl groups is 1. The van der Waals surface area contributed by atoms with Crippen molar-refractivity contribution in [2.24, 2.45) is 0 Å². The number of H-pyrrole nitrogens is 1. The lowest BCUT2D eigenvalue weighted by molar-refractivity contribution is -0.116. The quantitative estimate of drug-likeness (QED) is 0.464. The third-order valence-corrected chi connectivity index (χ3v) is 4.22. The highest BCUT2D eigenvalue weighted by atomic mass is 32.1. The molecule has 0 bridgehead atoms. The summed E-state index contributed by atoms with van der Waals surface area (Å²) in [4.78, 5) is 11.9. The van der Waals surface area contributed by atoms with Crippen molar-refractivity contribution in [3.63, 3.8) is 0 Å². The molecule has 0 spiro atoms. The zero-order chi connectivity index (χ0) is 21.4. The highest BCUT2D eigenvalue weighted by Crippen LogP contribution is 2.31. The Balaban J connectivity index is 2.20. The second kappa shape index (κ2) is 10.5. The van der Waals surface area contributed by atoms with Crippen LogP contribution in [0.15, 0.2) is 30.3 Å². The number of rotatable bonds is 9. The first-order chi connectivity index (χ1) is 13.7. The van der Waals surface area contributed by atoms with Gasteiger partial charge in [-0.25, -0.2) is 0 Å². The molecule has 0 radical (unpaired) electrons. The molecule has 1 amide bonds. The van der Waals surface area contributed by atoms with Crippen molar-refractivity contribution in [2.75, 3.05) is 18.5 Å². The molecule has 1 unspecified atom stereocenters. The number of carbonyl (C=O) groups is 1. The molecule has 4 N–H and O–H groups in total. The highest BCUT2D eigenvalue weighted by Gasteiger charge is 2.15. The van der Waals surface area contributed by atoms with Gasteiger partial charge in [-0.2, -0.15) is 5.10 Å². The van der Waals surface area contributed by atoms with E-state index in [1.807, 2.05) is 33.8 Å². The molecule has 1 heterocycles. The van der Waals surface area contributed by atoms with Crippen molar-refractivity contribution in [1.82, 2.24) is 15.5 Å². The first-order valence-electron chi connectivity index (χ1n) is 9.74. The Hall–Kier alpha value is -2.29. The largest absolute Gasteiger partial charge is 0.490 e. The smallest absolute Gasteiger partial charge is 0.224 e. The molecule has 8 heteroatoms. The minimum Gasteiger partial charge on any atom is -0.490 e. The van der Waals surface area contributed by atoms with Crippen LogP contribution < -0.4 is 15.4 Å². The van der Waals surface area contributed by atoms with Gasteiger partial charge >= 0.3 is 0 Å². The number of nitrogens with zero attached hydrogens (tertiary/aromatic N) is 1. The summed E-state index contributed by atoms with van der Waals surface area (Å²) in [6, 6.07) is 8.88. The summed E-state index contributed by atoms with van der Waals surface area (Å²) in [5.74, 6) is 0.516. The highest BCUT2D eigenvalue weighted by molar-refractivity contribution is 7.71. The summed E-state index contributed by atoms with van der Waals surface area (Å²) in [5, 5.41) is 23.4. The van der Waals surface area contributed by atoms with Crippen LogP contribution in [0, 0.1) is 4.64 Å². The maximum atomic E-state index is 11.9. The molecule has 0 fully saturated rings. The number of aromatic nitrogens is 2. The number of hydrogen-bond donors (Lipinski definition) is 4. The second-order valence-electron chi connectivity index (χ2n) is 7.91. The zero-order valence-electron chi connectivity index (χ0n) is 17.4. The SMILES string of the molecule is CCCC(=O)Nc1ccc(OCC(O)CNC(C)(C)C)c(-c2ccc(=S)[nH]n2)c1. The topological polar surface area (TPSA) is 99.3 Å². The number of β-amino-alcohol motifs (C(OH)–C–C–N with tert-alkyl or cyclic N) is 1. The fraction of sp³-hybridized carbons (Fsp3) is 0.476. The molecule has 1 atom stereocenters. The Labute approximate surface area is 176 Å². The molecule has 158 valence electrons. The monoisotopic (exact) mass is 418 g/mol. The number of anilines is 1. The average molecular weight is 419 g/mol. The van der Waals surface area contributed by atoms with Gasteiger partial charge < -0.3 is 20.5 Å². The second-order valence-corrected chi connectivity index (χ2v) is 8.35. The van der Waals surface area contributed by atoms with E-state index in [-0.39, 0.29) is 18.1 Å². The van der Waals surface area contributed by atoms with Crippen molar-refractivity contribution < 1.29 is 14.6 Å². The van der Waals surface area contributed by atoms with Crippen molar-refractivity contribution >= 4 is 23.8 Å². The number of carbonyl (C=O) groups excluding carboxylic acids is 1. The molecule has 0 saturated heterocycles. The fourth-order valence-corrected chi connectivity index (χ4v) is 2.66. The Bertz CT molecular complexity index is 856. The number of hydrogen-bond acceptors (Lipinski definition) is 6. The molecular formula is C21H30N4O3S. The summed E-state index contributed by atoms with van der Waals surface area (Å²) in [5.41, 5.74) is 1.89. The normalized spacial score (nSPS) is 12.4.